The molecule has 1 amide bonds. The summed E-state index contributed by atoms with van der Waals surface area (Å²) in [6.07, 6.45) is 3.43. The van der Waals surface area contributed by atoms with E-state index < -0.39 is 0 Å². The average molecular weight is 279 g/mol. The Labute approximate surface area is 126 Å². The van der Waals surface area contributed by atoms with Gasteiger partial charge in [-0.05, 0) is 35.6 Å². The van der Waals surface area contributed by atoms with Crippen molar-refractivity contribution in [3.05, 3.63) is 70.8 Å². The van der Waals surface area contributed by atoms with Gasteiger partial charge >= 0.3 is 0 Å². The number of carbonyl (C=O) groups is 1. The number of fused-ring (bicyclic) bond motifs is 1. The Bertz CT molecular complexity index is 633. The number of hydrogen-bond donors (Lipinski definition) is 0. The summed E-state index contributed by atoms with van der Waals surface area (Å²) in [7, 11) is 0. The Morgan fingerprint density at radius 1 is 1.05 bits per heavy atom. The molecule has 0 N–H and O–H groups in total. The Morgan fingerprint density at radius 2 is 1.86 bits per heavy atom. The predicted molar refractivity (Wildman–Crippen MR) is 85.1 cm³/mol. The summed E-state index contributed by atoms with van der Waals surface area (Å²) in [5.74, 6) is 0.173. The number of carbonyl (C=O) groups excluding carboxylic acids is 1. The standard InChI is InChI=1S/C19H21NO/c1-2-3-7-15-10-11-17-14-20(19(21)18(17)12-15)13-16-8-5-4-6-9-16/h4-6,8-12H,2-3,7,13-14H2,1H3. The van der Waals surface area contributed by atoms with Crippen LogP contribution in [0.25, 0.3) is 0 Å². The molecule has 21 heavy (non-hydrogen) atoms. The first-order valence-electron chi connectivity index (χ1n) is 7.73. The summed E-state index contributed by atoms with van der Waals surface area (Å²) >= 11 is 0. The van der Waals surface area contributed by atoms with Crippen molar-refractivity contribution < 1.29 is 4.79 Å². The smallest absolute Gasteiger partial charge is 0.254 e. The largest absolute Gasteiger partial charge is 0.330 e. The van der Waals surface area contributed by atoms with Gasteiger partial charge < -0.3 is 4.90 Å². The molecule has 0 spiro atoms. The summed E-state index contributed by atoms with van der Waals surface area (Å²) in [4.78, 5) is 14.5. The second-order valence-corrected chi connectivity index (χ2v) is 5.74. The highest BCUT2D eigenvalue weighted by Crippen LogP contribution is 2.26. The van der Waals surface area contributed by atoms with Crippen molar-refractivity contribution in [2.75, 3.05) is 0 Å². The molecule has 2 nitrogen and oxygen atoms in total. The van der Waals surface area contributed by atoms with E-state index in [0.717, 1.165) is 24.1 Å². The van der Waals surface area contributed by atoms with Crippen LogP contribution in [0, 0.1) is 0 Å². The van der Waals surface area contributed by atoms with Gasteiger partial charge in [0.2, 0.25) is 0 Å². The molecule has 1 aliphatic rings. The minimum Gasteiger partial charge on any atom is -0.330 e. The molecule has 2 aromatic carbocycles. The van der Waals surface area contributed by atoms with E-state index in [2.05, 4.69) is 37.3 Å². The second kappa shape index (κ2) is 6.13. The summed E-state index contributed by atoms with van der Waals surface area (Å²) in [6, 6.07) is 16.6. The molecule has 0 unspecified atom stereocenters. The fourth-order valence-electron chi connectivity index (χ4n) is 2.88. The SMILES string of the molecule is CCCCc1ccc2c(c1)C(=O)N(Cc1ccccc1)C2. The van der Waals surface area contributed by atoms with Gasteiger partial charge in [0.1, 0.15) is 0 Å². The fourth-order valence-corrected chi connectivity index (χ4v) is 2.88. The van der Waals surface area contributed by atoms with Crippen LogP contribution < -0.4 is 0 Å². The number of benzene rings is 2. The third-order valence-electron chi connectivity index (χ3n) is 4.09. The Kier molecular flexibility index (Phi) is 4.05. The predicted octanol–water partition coefficient (Wildman–Crippen LogP) is 4.19. The molecule has 1 heterocycles. The van der Waals surface area contributed by atoms with Crippen LogP contribution >= 0.6 is 0 Å². The third-order valence-corrected chi connectivity index (χ3v) is 4.09. The van der Waals surface area contributed by atoms with Crippen molar-refractivity contribution in [1.82, 2.24) is 4.90 Å². The maximum Gasteiger partial charge on any atom is 0.254 e. The van der Waals surface area contributed by atoms with Gasteiger partial charge in [-0.1, -0.05) is 55.8 Å². The van der Waals surface area contributed by atoms with E-state index in [-0.39, 0.29) is 5.91 Å². The minimum absolute atomic E-state index is 0.173. The lowest BCUT2D eigenvalue weighted by atomic mass is 10.0. The number of nitrogens with zero attached hydrogens (tertiary/aromatic N) is 1. The monoisotopic (exact) mass is 279 g/mol. The van der Waals surface area contributed by atoms with Crippen molar-refractivity contribution in [3.63, 3.8) is 0 Å². The van der Waals surface area contributed by atoms with Crippen LogP contribution in [0.1, 0.15) is 46.8 Å². The maximum absolute atomic E-state index is 12.6. The van der Waals surface area contributed by atoms with E-state index in [4.69, 9.17) is 0 Å². The molecule has 0 radical (unpaired) electrons. The molecule has 0 saturated heterocycles. The number of rotatable bonds is 5. The van der Waals surface area contributed by atoms with E-state index in [1.54, 1.807) is 0 Å². The molecule has 1 aliphatic heterocycles. The molecule has 2 heteroatoms. The van der Waals surface area contributed by atoms with Crippen molar-refractivity contribution in [1.29, 1.82) is 0 Å². The number of unbranched alkanes of at least 4 members (excludes halogenated alkanes) is 1. The first-order valence-corrected chi connectivity index (χ1v) is 7.73. The van der Waals surface area contributed by atoms with Crippen LogP contribution in [0.15, 0.2) is 48.5 Å². The molecule has 0 atom stereocenters. The van der Waals surface area contributed by atoms with Crippen LogP contribution in [0.5, 0.6) is 0 Å². The van der Waals surface area contributed by atoms with Gasteiger partial charge in [-0.2, -0.15) is 0 Å². The second-order valence-electron chi connectivity index (χ2n) is 5.74. The van der Waals surface area contributed by atoms with Crippen LogP contribution in [0.3, 0.4) is 0 Å². The summed E-state index contributed by atoms with van der Waals surface area (Å²) < 4.78 is 0. The van der Waals surface area contributed by atoms with Gasteiger partial charge in [-0.3, -0.25) is 4.79 Å². The third kappa shape index (κ3) is 2.99. The zero-order valence-electron chi connectivity index (χ0n) is 12.5. The lowest BCUT2D eigenvalue weighted by Crippen LogP contribution is -2.23. The maximum atomic E-state index is 12.6. The van der Waals surface area contributed by atoms with Crippen molar-refractivity contribution >= 4 is 5.91 Å². The average Bonchev–Trinajstić information content (AvgIpc) is 2.82. The van der Waals surface area contributed by atoms with Gasteiger partial charge in [0.15, 0.2) is 0 Å². The highest BCUT2D eigenvalue weighted by Gasteiger charge is 2.27. The van der Waals surface area contributed by atoms with Gasteiger partial charge in [0.05, 0.1) is 0 Å². The molecule has 2 aromatic rings. The van der Waals surface area contributed by atoms with E-state index in [0.29, 0.717) is 6.54 Å². The Morgan fingerprint density at radius 3 is 2.62 bits per heavy atom. The zero-order valence-corrected chi connectivity index (χ0v) is 12.5. The quantitative estimate of drug-likeness (QED) is 0.804. The highest BCUT2D eigenvalue weighted by molar-refractivity contribution is 5.98. The molecule has 108 valence electrons. The zero-order chi connectivity index (χ0) is 14.7. The normalized spacial score (nSPS) is 13.6. The van der Waals surface area contributed by atoms with E-state index in [9.17, 15) is 4.79 Å². The topological polar surface area (TPSA) is 20.3 Å². The molecule has 0 fully saturated rings. The summed E-state index contributed by atoms with van der Waals surface area (Å²) in [6.45, 7) is 3.62. The first kappa shape index (κ1) is 13.9. The molecule has 0 aromatic heterocycles. The minimum atomic E-state index is 0.173. The van der Waals surface area contributed by atoms with Gasteiger partial charge in [-0.15, -0.1) is 0 Å². The first-order chi connectivity index (χ1) is 10.3. The van der Waals surface area contributed by atoms with E-state index >= 15 is 0 Å². The fraction of sp³-hybridized carbons (Fsp3) is 0.316. The van der Waals surface area contributed by atoms with Gasteiger partial charge in [0.25, 0.3) is 5.91 Å². The number of aryl methyl sites for hydroxylation is 1. The Hall–Kier alpha value is -2.09. The van der Waals surface area contributed by atoms with E-state index in [1.807, 2.05) is 23.1 Å². The molecular formula is C19H21NO. The lowest BCUT2D eigenvalue weighted by molar-refractivity contribution is 0.0766. The molecule has 0 saturated carbocycles. The van der Waals surface area contributed by atoms with Crippen LogP contribution in [0.2, 0.25) is 0 Å². The van der Waals surface area contributed by atoms with Crippen molar-refractivity contribution in [2.24, 2.45) is 0 Å². The highest BCUT2D eigenvalue weighted by atomic mass is 16.2. The molecule has 0 bridgehead atoms. The molecule has 0 aliphatic carbocycles. The van der Waals surface area contributed by atoms with Crippen LogP contribution in [0.4, 0.5) is 0 Å². The van der Waals surface area contributed by atoms with Gasteiger partial charge in [0, 0.05) is 18.7 Å². The number of amides is 1. The molecule has 3 rings (SSSR count). The Balaban J connectivity index is 1.76. The summed E-state index contributed by atoms with van der Waals surface area (Å²) in [5, 5.41) is 0. The lowest BCUT2D eigenvalue weighted by Gasteiger charge is -2.15. The number of hydrogen-bond acceptors (Lipinski definition) is 1. The van der Waals surface area contributed by atoms with Gasteiger partial charge in [-0.25, -0.2) is 0 Å². The van der Waals surface area contributed by atoms with Crippen LogP contribution in [-0.2, 0) is 19.5 Å². The summed E-state index contributed by atoms with van der Waals surface area (Å²) in [5.41, 5.74) is 4.53. The molecular weight excluding hydrogens is 258 g/mol. The van der Waals surface area contributed by atoms with Crippen LogP contribution in [-0.4, -0.2) is 10.8 Å². The van der Waals surface area contributed by atoms with E-state index in [1.165, 1.54) is 24.0 Å². The van der Waals surface area contributed by atoms with Crippen molar-refractivity contribution in [2.45, 2.75) is 39.3 Å². The van der Waals surface area contributed by atoms with Crippen molar-refractivity contribution in [3.8, 4) is 0 Å².